The first kappa shape index (κ1) is 11.5. The molecule has 2 aromatic rings. The normalized spacial score (nSPS) is 13.2. The number of rotatable bonds is 3. The maximum atomic E-state index is 5.97. The minimum atomic E-state index is 0.445. The van der Waals surface area contributed by atoms with Gasteiger partial charge in [0.2, 0.25) is 0 Å². The summed E-state index contributed by atoms with van der Waals surface area (Å²) in [6.07, 6.45) is 1.09. The van der Waals surface area contributed by atoms with Gasteiger partial charge >= 0.3 is 0 Å². The zero-order chi connectivity index (χ0) is 11.7. The van der Waals surface area contributed by atoms with Gasteiger partial charge in [-0.1, -0.05) is 19.1 Å². The van der Waals surface area contributed by atoms with Gasteiger partial charge in [0.05, 0.1) is 16.9 Å². The van der Waals surface area contributed by atoms with Crippen LogP contribution in [0.1, 0.15) is 37.7 Å². The van der Waals surface area contributed by atoms with Gasteiger partial charge in [0.15, 0.2) is 0 Å². The average Bonchev–Trinajstić information content (AvgIpc) is 2.68. The number of aryl methyl sites for hydroxylation is 1. The summed E-state index contributed by atoms with van der Waals surface area (Å²) >= 11 is 5.97. The van der Waals surface area contributed by atoms with Crippen LogP contribution in [0, 0.1) is 6.92 Å². The van der Waals surface area contributed by atoms with E-state index in [-0.39, 0.29) is 0 Å². The number of aromatic nitrogens is 2. The average molecular weight is 237 g/mol. The third-order valence-electron chi connectivity index (χ3n) is 3.15. The second kappa shape index (κ2) is 4.46. The summed E-state index contributed by atoms with van der Waals surface area (Å²) in [4.78, 5) is 4.63. The Morgan fingerprint density at radius 3 is 2.81 bits per heavy atom. The van der Waals surface area contributed by atoms with Crippen LogP contribution in [0.3, 0.4) is 0 Å². The van der Waals surface area contributed by atoms with Gasteiger partial charge in [-0.15, -0.1) is 11.6 Å². The molecule has 1 heterocycles. The van der Waals surface area contributed by atoms with Gasteiger partial charge < -0.3 is 4.57 Å². The smallest absolute Gasteiger partial charge is 0.125 e. The Balaban J connectivity index is 2.73. The molecule has 3 heteroatoms. The molecule has 1 aromatic heterocycles. The fraction of sp³-hybridized carbons (Fsp3) is 0.462. The maximum absolute atomic E-state index is 5.97. The highest BCUT2D eigenvalue weighted by molar-refractivity contribution is 6.16. The fourth-order valence-electron chi connectivity index (χ4n) is 2.07. The summed E-state index contributed by atoms with van der Waals surface area (Å²) in [5.41, 5.74) is 3.49. The second-order valence-corrected chi connectivity index (χ2v) is 4.50. The van der Waals surface area contributed by atoms with E-state index in [0.717, 1.165) is 17.8 Å². The number of para-hydroxylation sites is 1. The van der Waals surface area contributed by atoms with Gasteiger partial charge in [-0.3, -0.25) is 0 Å². The van der Waals surface area contributed by atoms with Crippen LogP contribution < -0.4 is 0 Å². The molecule has 0 spiro atoms. The van der Waals surface area contributed by atoms with E-state index in [2.05, 4.69) is 48.5 Å². The number of hydrogen-bond donors (Lipinski definition) is 0. The summed E-state index contributed by atoms with van der Waals surface area (Å²) in [5.74, 6) is 1.44. The molecule has 0 saturated carbocycles. The highest BCUT2D eigenvalue weighted by atomic mass is 35.5. The minimum Gasteiger partial charge on any atom is -0.324 e. The van der Waals surface area contributed by atoms with Crippen LogP contribution in [0.2, 0.25) is 0 Å². The van der Waals surface area contributed by atoms with Crippen LogP contribution in [0.5, 0.6) is 0 Å². The van der Waals surface area contributed by atoms with Gasteiger partial charge in [-0.05, 0) is 31.9 Å². The van der Waals surface area contributed by atoms with E-state index < -0.39 is 0 Å². The summed E-state index contributed by atoms with van der Waals surface area (Å²) in [6.45, 7) is 6.48. The van der Waals surface area contributed by atoms with Crippen molar-refractivity contribution >= 4 is 22.6 Å². The van der Waals surface area contributed by atoms with Crippen molar-refractivity contribution in [2.45, 2.75) is 39.1 Å². The Kier molecular flexibility index (Phi) is 3.20. The largest absolute Gasteiger partial charge is 0.324 e. The van der Waals surface area contributed by atoms with E-state index in [4.69, 9.17) is 11.6 Å². The standard InChI is InChI=1S/C13H17ClN2/c1-4-10(3)16-11-7-5-6-9(2)13(11)15-12(16)8-14/h5-7,10H,4,8H2,1-3H3. The summed E-state index contributed by atoms with van der Waals surface area (Å²) in [7, 11) is 0. The SMILES string of the molecule is CCC(C)n1c(CCl)nc2c(C)cccc21. The van der Waals surface area contributed by atoms with Crippen LogP contribution in [0.15, 0.2) is 18.2 Å². The molecule has 1 atom stereocenters. The lowest BCUT2D eigenvalue weighted by molar-refractivity contribution is 0.530. The van der Waals surface area contributed by atoms with Crippen molar-refractivity contribution in [1.29, 1.82) is 0 Å². The molecule has 0 radical (unpaired) electrons. The van der Waals surface area contributed by atoms with E-state index >= 15 is 0 Å². The number of nitrogens with zero attached hydrogens (tertiary/aromatic N) is 2. The third kappa shape index (κ3) is 1.71. The number of alkyl halides is 1. The van der Waals surface area contributed by atoms with E-state index in [0.29, 0.717) is 11.9 Å². The zero-order valence-electron chi connectivity index (χ0n) is 10.00. The van der Waals surface area contributed by atoms with Crippen LogP contribution in [-0.4, -0.2) is 9.55 Å². The van der Waals surface area contributed by atoms with Crippen molar-refractivity contribution in [3.63, 3.8) is 0 Å². The Morgan fingerprint density at radius 1 is 1.44 bits per heavy atom. The predicted molar refractivity (Wildman–Crippen MR) is 69.0 cm³/mol. The Morgan fingerprint density at radius 2 is 2.19 bits per heavy atom. The van der Waals surface area contributed by atoms with Gasteiger partial charge in [0, 0.05) is 6.04 Å². The number of halogens is 1. The lowest BCUT2D eigenvalue weighted by atomic mass is 10.2. The quantitative estimate of drug-likeness (QED) is 0.735. The number of imidazole rings is 1. The topological polar surface area (TPSA) is 17.8 Å². The predicted octanol–water partition coefficient (Wildman–Crippen LogP) is 4.05. The minimum absolute atomic E-state index is 0.445. The number of benzene rings is 1. The lowest BCUT2D eigenvalue weighted by Crippen LogP contribution is -2.07. The summed E-state index contributed by atoms with van der Waals surface area (Å²) in [5, 5.41) is 0. The molecule has 0 saturated heterocycles. The van der Waals surface area contributed by atoms with E-state index in [1.807, 2.05) is 0 Å². The number of fused-ring (bicyclic) bond motifs is 1. The monoisotopic (exact) mass is 236 g/mol. The third-order valence-corrected chi connectivity index (χ3v) is 3.39. The summed E-state index contributed by atoms with van der Waals surface area (Å²) in [6, 6.07) is 6.74. The molecule has 0 aliphatic rings. The van der Waals surface area contributed by atoms with Gasteiger partial charge in [-0.2, -0.15) is 0 Å². The number of hydrogen-bond acceptors (Lipinski definition) is 1. The van der Waals surface area contributed by atoms with Crippen molar-refractivity contribution in [3.05, 3.63) is 29.6 Å². The molecule has 0 aliphatic heterocycles. The van der Waals surface area contributed by atoms with Crippen molar-refractivity contribution in [2.75, 3.05) is 0 Å². The van der Waals surface area contributed by atoms with E-state index in [1.54, 1.807) is 0 Å². The van der Waals surface area contributed by atoms with Gasteiger partial charge in [-0.25, -0.2) is 4.98 Å². The molecular weight excluding hydrogens is 220 g/mol. The molecule has 0 fully saturated rings. The first-order valence-corrected chi connectivity index (χ1v) is 6.24. The van der Waals surface area contributed by atoms with Crippen LogP contribution in [0.4, 0.5) is 0 Å². The summed E-state index contributed by atoms with van der Waals surface area (Å²) < 4.78 is 2.26. The highest BCUT2D eigenvalue weighted by Crippen LogP contribution is 2.25. The Hall–Kier alpha value is -1.02. The van der Waals surface area contributed by atoms with Crippen LogP contribution in [0.25, 0.3) is 11.0 Å². The molecule has 1 unspecified atom stereocenters. The molecule has 0 aliphatic carbocycles. The van der Waals surface area contributed by atoms with Crippen molar-refractivity contribution in [3.8, 4) is 0 Å². The molecule has 86 valence electrons. The lowest BCUT2D eigenvalue weighted by Gasteiger charge is -2.14. The molecule has 0 N–H and O–H groups in total. The second-order valence-electron chi connectivity index (χ2n) is 4.23. The fourth-order valence-corrected chi connectivity index (χ4v) is 2.26. The highest BCUT2D eigenvalue weighted by Gasteiger charge is 2.14. The Labute approximate surface area is 101 Å². The van der Waals surface area contributed by atoms with Crippen molar-refractivity contribution < 1.29 is 0 Å². The van der Waals surface area contributed by atoms with Crippen LogP contribution in [-0.2, 0) is 5.88 Å². The van der Waals surface area contributed by atoms with E-state index in [1.165, 1.54) is 11.1 Å². The molecule has 1 aromatic carbocycles. The zero-order valence-corrected chi connectivity index (χ0v) is 10.8. The first-order chi connectivity index (χ1) is 7.69. The molecule has 0 amide bonds. The molecular formula is C13H17ClN2. The van der Waals surface area contributed by atoms with Crippen molar-refractivity contribution in [2.24, 2.45) is 0 Å². The molecule has 0 bridgehead atoms. The van der Waals surface area contributed by atoms with E-state index in [9.17, 15) is 0 Å². The maximum Gasteiger partial charge on any atom is 0.125 e. The first-order valence-electron chi connectivity index (χ1n) is 5.71. The molecule has 16 heavy (non-hydrogen) atoms. The van der Waals surface area contributed by atoms with Crippen molar-refractivity contribution in [1.82, 2.24) is 9.55 Å². The Bertz CT molecular complexity index is 502. The van der Waals surface area contributed by atoms with Crippen LogP contribution >= 0.6 is 11.6 Å². The molecule has 2 rings (SSSR count). The van der Waals surface area contributed by atoms with Gasteiger partial charge in [0.1, 0.15) is 5.82 Å². The van der Waals surface area contributed by atoms with Gasteiger partial charge in [0.25, 0.3) is 0 Å². The molecule has 2 nitrogen and oxygen atoms in total.